The molecule has 1 heterocycles. The van der Waals surface area contributed by atoms with E-state index in [1.807, 2.05) is 72.8 Å². The van der Waals surface area contributed by atoms with Gasteiger partial charge in [0.25, 0.3) is 0 Å². The lowest BCUT2D eigenvalue weighted by Crippen LogP contribution is -1.85. The molecular formula is C21H13Cl3N2. The molecule has 0 saturated carbocycles. The van der Waals surface area contributed by atoms with Gasteiger partial charge >= 0.3 is 0 Å². The van der Waals surface area contributed by atoms with E-state index in [0.717, 1.165) is 28.1 Å². The van der Waals surface area contributed by atoms with E-state index in [4.69, 9.17) is 39.8 Å². The summed E-state index contributed by atoms with van der Waals surface area (Å²) < 4.78 is 0. The van der Waals surface area contributed by atoms with E-state index >= 15 is 0 Å². The fraction of sp³-hybridized carbons (Fsp3) is 0. The van der Waals surface area contributed by atoms with Crippen LogP contribution in [0.4, 0.5) is 0 Å². The summed E-state index contributed by atoms with van der Waals surface area (Å²) in [4.78, 5) is 8.21. The largest absolute Gasteiger partial charge is 0.337 e. The zero-order valence-electron chi connectivity index (χ0n) is 13.5. The van der Waals surface area contributed by atoms with Gasteiger partial charge in [0.05, 0.1) is 16.4 Å². The van der Waals surface area contributed by atoms with Gasteiger partial charge in [0, 0.05) is 26.7 Å². The Labute approximate surface area is 166 Å². The highest BCUT2D eigenvalue weighted by Crippen LogP contribution is 2.38. The maximum atomic E-state index is 6.44. The third kappa shape index (κ3) is 3.24. The molecule has 0 amide bonds. The van der Waals surface area contributed by atoms with Gasteiger partial charge in [-0.3, -0.25) is 0 Å². The van der Waals surface area contributed by atoms with Crippen molar-refractivity contribution in [3.05, 3.63) is 87.9 Å². The van der Waals surface area contributed by atoms with E-state index in [1.54, 1.807) is 0 Å². The number of benzene rings is 3. The number of hydrogen-bond donors (Lipinski definition) is 1. The van der Waals surface area contributed by atoms with Crippen LogP contribution < -0.4 is 0 Å². The molecule has 0 aliphatic heterocycles. The number of nitrogens with zero attached hydrogens (tertiary/aromatic N) is 1. The van der Waals surface area contributed by atoms with Gasteiger partial charge in [-0.15, -0.1) is 0 Å². The average molecular weight is 400 g/mol. The standard InChI is InChI=1S/C21H13Cl3N2/c22-14-7-5-6-13(12-14)21-25-19(15-8-1-3-10-17(15)23)20(26-21)16-9-2-4-11-18(16)24/h1-12H,(H,25,26). The summed E-state index contributed by atoms with van der Waals surface area (Å²) >= 11 is 19.0. The molecule has 1 aromatic heterocycles. The minimum Gasteiger partial charge on any atom is -0.337 e. The molecule has 5 heteroatoms. The van der Waals surface area contributed by atoms with Gasteiger partial charge in [-0.1, -0.05) is 83.3 Å². The first-order valence-electron chi connectivity index (χ1n) is 7.99. The first-order chi connectivity index (χ1) is 12.6. The molecule has 4 rings (SSSR count). The Hall–Kier alpha value is -2.26. The van der Waals surface area contributed by atoms with Crippen LogP contribution in [0.3, 0.4) is 0 Å². The van der Waals surface area contributed by atoms with E-state index in [-0.39, 0.29) is 0 Å². The Morgan fingerprint density at radius 3 is 2.00 bits per heavy atom. The Morgan fingerprint density at radius 1 is 0.692 bits per heavy atom. The third-order valence-corrected chi connectivity index (χ3v) is 4.97. The Bertz CT molecular complexity index is 1020. The molecule has 2 nitrogen and oxygen atoms in total. The van der Waals surface area contributed by atoms with Gasteiger partial charge < -0.3 is 4.98 Å². The van der Waals surface area contributed by atoms with E-state index < -0.39 is 0 Å². The highest BCUT2D eigenvalue weighted by atomic mass is 35.5. The van der Waals surface area contributed by atoms with Gasteiger partial charge in [-0.2, -0.15) is 0 Å². The highest BCUT2D eigenvalue weighted by Gasteiger charge is 2.18. The van der Waals surface area contributed by atoms with Crippen molar-refractivity contribution in [3.8, 4) is 33.9 Å². The van der Waals surface area contributed by atoms with Crippen LogP contribution in [0.1, 0.15) is 0 Å². The number of aromatic amines is 1. The summed E-state index contributed by atoms with van der Waals surface area (Å²) in [6.45, 7) is 0. The second kappa shape index (κ2) is 7.16. The van der Waals surface area contributed by atoms with Crippen molar-refractivity contribution in [1.29, 1.82) is 0 Å². The molecule has 1 N–H and O–H groups in total. The first kappa shape index (κ1) is 17.2. The van der Waals surface area contributed by atoms with Gasteiger partial charge in [0.2, 0.25) is 0 Å². The first-order valence-corrected chi connectivity index (χ1v) is 9.12. The average Bonchev–Trinajstić information content (AvgIpc) is 3.07. The molecular weight excluding hydrogens is 387 g/mol. The van der Waals surface area contributed by atoms with Crippen LogP contribution in [-0.4, -0.2) is 9.97 Å². The maximum Gasteiger partial charge on any atom is 0.138 e. The van der Waals surface area contributed by atoms with E-state index in [0.29, 0.717) is 20.9 Å². The summed E-state index contributed by atoms with van der Waals surface area (Å²) in [6, 6.07) is 22.8. The zero-order valence-corrected chi connectivity index (χ0v) is 15.8. The number of aromatic nitrogens is 2. The molecule has 4 aromatic rings. The molecule has 26 heavy (non-hydrogen) atoms. The van der Waals surface area contributed by atoms with Crippen LogP contribution in [0.25, 0.3) is 33.9 Å². The lowest BCUT2D eigenvalue weighted by atomic mass is 10.1. The second-order valence-corrected chi connectivity index (χ2v) is 7.03. The molecule has 0 fully saturated rings. The minimum absolute atomic E-state index is 0.630. The molecule has 128 valence electrons. The van der Waals surface area contributed by atoms with Crippen molar-refractivity contribution in [1.82, 2.24) is 9.97 Å². The fourth-order valence-corrected chi connectivity index (χ4v) is 3.50. The van der Waals surface area contributed by atoms with Crippen LogP contribution in [0.15, 0.2) is 72.8 Å². The van der Waals surface area contributed by atoms with Crippen molar-refractivity contribution < 1.29 is 0 Å². The summed E-state index contributed by atoms with van der Waals surface area (Å²) in [5, 5.41) is 1.92. The number of rotatable bonds is 3. The molecule has 0 radical (unpaired) electrons. The molecule has 3 aromatic carbocycles. The molecule has 0 aliphatic carbocycles. The zero-order chi connectivity index (χ0) is 18.1. The summed E-state index contributed by atoms with van der Waals surface area (Å²) in [5.74, 6) is 0.706. The van der Waals surface area contributed by atoms with E-state index in [2.05, 4.69) is 4.98 Å². The predicted octanol–water partition coefficient (Wildman–Crippen LogP) is 7.37. The quantitative estimate of drug-likeness (QED) is 0.383. The Balaban J connectivity index is 1.97. The molecule has 0 spiro atoms. The van der Waals surface area contributed by atoms with Crippen molar-refractivity contribution in [2.45, 2.75) is 0 Å². The SMILES string of the molecule is Clc1cccc(-c2nc(-c3ccccc3Cl)c(-c3ccccc3Cl)[nH]2)c1. The monoisotopic (exact) mass is 398 g/mol. The van der Waals surface area contributed by atoms with Gasteiger partial charge in [0.1, 0.15) is 5.82 Å². The lowest BCUT2D eigenvalue weighted by molar-refractivity contribution is 1.31. The van der Waals surface area contributed by atoms with Crippen molar-refractivity contribution in [3.63, 3.8) is 0 Å². The van der Waals surface area contributed by atoms with Crippen LogP contribution in [0, 0.1) is 0 Å². The number of hydrogen-bond acceptors (Lipinski definition) is 1. The summed E-state index contributed by atoms with van der Waals surface area (Å²) in [6.07, 6.45) is 0. The third-order valence-electron chi connectivity index (χ3n) is 4.07. The summed E-state index contributed by atoms with van der Waals surface area (Å²) in [5.41, 5.74) is 4.17. The van der Waals surface area contributed by atoms with Crippen LogP contribution in [0.5, 0.6) is 0 Å². The molecule has 0 saturated heterocycles. The Kier molecular flexibility index (Phi) is 4.73. The van der Waals surface area contributed by atoms with Gasteiger partial charge in [-0.25, -0.2) is 4.98 Å². The molecule has 0 unspecified atom stereocenters. The molecule has 0 aliphatic rings. The van der Waals surface area contributed by atoms with Gasteiger partial charge in [0.15, 0.2) is 0 Å². The predicted molar refractivity (Wildman–Crippen MR) is 110 cm³/mol. The molecule has 0 atom stereocenters. The fourth-order valence-electron chi connectivity index (χ4n) is 2.85. The van der Waals surface area contributed by atoms with Gasteiger partial charge in [-0.05, 0) is 24.3 Å². The van der Waals surface area contributed by atoms with Crippen LogP contribution in [-0.2, 0) is 0 Å². The topological polar surface area (TPSA) is 28.7 Å². The number of H-pyrrole nitrogens is 1. The van der Waals surface area contributed by atoms with E-state index in [1.165, 1.54) is 0 Å². The van der Waals surface area contributed by atoms with Crippen LogP contribution >= 0.6 is 34.8 Å². The maximum absolute atomic E-state index is 6.44. The number of nitrogens with one attached hydrogen (secondary N) is 1. The smallest absolute Gasteiger partial charge is 0.138 e. The second-order valence-electron chi connectivity index (χ2n) is 5.78. The number of imidazole rings is 1. The number of halogens is 3. The highest BCUT2D eigenvalue weighted by molar-refractivity contribution is 6.34. The minimum atomic E-state index is 0.630. The van der Waals surface area contributed by atoms with Crippen LogP contribution in [0.2, 0.25) is 15.1 Å². The van der Waals surface area contributed by atoms with Crippen molar-refractivity contribution in [2.75, 3.05) is 0 Å². The van der Waals surface area contributed by atoms with Crippen molar-refractivity contribution in [2.24, 2.45) is 0 Å². The summed E-state index contributed by atoms with van der Waals surface area (Å²) in [7, 11) is 0. The van der Waals surface area contributed by atoms with E-state index in [9.17, 15) is 0 Å². The van der Waals surface area contributed by atoms with Crippen molar-refractivity contribution >= 4 is 34.8 Å². The molecule has 0 bridgehead atoms. The normalized spacial score (nSPS) is 10.9. The Morgan fingerprint density at radius 2 is 1.35 bits per heavy atom. The lowest BCUT2D eigenvalue weighted by Gasteiger charge is -2.06.